The summed E-state index contributed by atoms with van der Waals surface area (Å²) in [6, 6.07) is 7.77. The normalized spacial score (nSPS) is 36.3. The Labute approximate surface area is 154 Å². The van der Waals surface area contributed by atoms with Crippen molar-refractivity contribution in [1.29, 1.82) is 0 Å². The number of hydrogen-bond donors (Lipinski definition) is 2. The van der Waals surface area contributed by atoms with Gasteiger partial charge in [0.1, 0.15) is 12.7 Å². The van der Waals surface area contributed by atoms with E-state index in [9.17, 15) is 4.79 Å². The minimum atomic E-state index is 0.0154. The van der Waals surface area contributed by atoms with Crippen molar-refractivity contribution in [3.8, 4) is 11.5 Å². The molecule has 1 heterocycles. The number of amides is 1. The zero-order valence-electron chi connectivity index (χ0n) is 15.2. The van der Waals surface area contributed by atoms with Crippen LogP contribution in [0.4, 0.5) is 0 Å². The Morgan fingerprint density at radius 1 is 1.04 bits per heavy atom. The Balaban J connectivity index is 1.03. The molecule has 4 fully saturated rings. The third-order valence-corrected chi connectivity index (χ3v) is 6.90. The van der Waals surface area contributed by atoms with Crippen LogP contribution >= 0.6 is 0 Å². The number of carbonyl (C=O) groups is 1. The Morgan fingerprint density at radius 3 is 2.77 bits per heavy atom. The number of hydrogen-bond acceptors (Lipinski definition) is 4. The second-order valence-corrected chi connectivity index (χ2v) is 8.51. The summed E-state index contributed by atoms with van der Waals surface area (Å²) < 4.78 is 11.7. The van der Waals surface area contributed by atoms with Gasteiger partial charge in [0.05, 0.1) is 0 Å². The molecule has 2 N–H and O–H groups in total. The van der Waals surface area contributed by atoms with Crippen molar-refractivity contribution < 1.29 is 14.3 Å². The zero-order valence-corrected chi connectivity index (χ0v) is 15.2. The van der Waals surface area contributed by atoms with Gasteiger partial charge in [0.25, 0.3) is 0 Å². The van der Waals surface area contributed by atoms with Gasteiger partial charge in [-0.2, -0.15) is 0 Å². The topological polar surface area (TPSA) is 59.6 Å². The summed E-state index contributed by atoms with van der Waals surface area (Å²) in [4.78, 5) is 12.6. The standard InChI is InChI=1S/C21H28N2O3/c24-21(20-15-8-13-7-14(10-15)17(20)9-13)23-6-5-22-11-16-12-25-18-3-1-2-4-19(18)26-16/h1-4,13-17,20,22H,5-12H2,(H,23,24). The van der Waals surface area contributed by atoms with Gasteiger partial charge in [-0.25, -0.2) is 0 Å². The summed E-state index contributed by atoms with van der Waals surface area (Å²) in [7, 11) is 0. The third-order valence-electron chi connectivity index (χ3n) is 6.90. The lowest BCUT2D eigenvalue weighted by atomic mass is 9.75. The molecule has 6 rings (SSSR count). The van der Waals surface area contributed by atoms with Gasteiger partial charge in [0.2, 0.25) is 5.91 Å². The van der Waals surface area contributed by atoms with E-state index in [1.165, 1.54) is 25.7 Å². The van der Waals surface area contributed by atoms with E-state index in [-0.39, 0.29) is 6.10 Å². The molecule has 26 heavy (non-hydrogen) atoms. The summed E-state index contributed by atoms with van der Waals surface area (Å²) in [6.45, 7) is 2.74. The zero-order chi connectivity index (χ0) is 17.5. The number of ether oxygens (including phenoxy) is 2. The van der Waals surface area contributed by atoms with Crippen LogP contribution in [0, 0.1) is 29.6 Å². The van der Waals surface area contributed by atoms with Gasteiger partial charge in [0, 0.05) is 25.6 Å². The molecular formula is C21H28N2O3. The minimum Gasteiger partial charge on any atom is -0.486 e. The lowest BCUT2D eigenvalue weighted by Gasteiger charge is -2.31. The van der Waals surface area contributed by atoms with E-state index >= 15 is 0 Å². The van der Waals surface area contributed by atoms with Crippen LogP contribution in [0.15, 0.2) is 24.3 Å². The second-order valence-electron chi connectivity index (χ2n) is 8.51. The molecule has 140 valence electrons. The van der Waals surface area contributed by atoms with Crippen LogP contribution in [-0.2, 0) is 4.79 Å². The third kappa shape index (κ3) is 2.96. The van der Waals surface area contributed by atoms with Crippen molar-refractivity contribution in [1.82, 2.24) is 10.6 Å². The summed E-state index contributed by atoms with van der Waals surface area (Å²) in [5.74, 6) is 5.34. The average molecular weight is 356 g/mol. The number of carbonyl (C=O) groups excluding carboxylic acids is 1. The average Bonchev–Trinajstić information content (AvgIpc) is 3.08. The van der Waals surface area contributed by atoms with Crippen LogP contribution in [-0.4, -0.2) is 38.3 Å². The van der Waals surface area contributed by atoms with Crippen molar-refractivity contribution in [2.24, 2.45) is 29.6 Å². The van der Waals surface area contributed by atoms with Crippen LogP contribution < -0.4 is 20.1 Å². The predicted molar refractivity (Wildman–Crippen MR) is 98.2 cm³/mol. The number of para-hydroxylation sites is 2. The van der Waals surface area contributed by atoms with Crippen LogP contribution in [0.5, 0.6) is 11.5 Å². The lowest BCUT2D eigenvalue weighted by Crippen LogP contribution is -2.43. The fraction of sp³-hybridized carbons (Fsp3) is 0.667. The van der Waals surface area contributed by atoms with Gasteiger partial charge in [-0.3, -0.25) is 4.79 Å². The summed E-state index contributed by atoms with van der Waals surface area (Å²) in [5, 5.41) is 6.55. The summed E-state index contributed by atoms with van der Waals surface area (Å²) in [6.07, 6.45) is 5.31. The van der Waals surface area contributed by atoms with Gasteiger partial charge in [-0.1, -0.05) is 12.1 Å². The molecule has 5 aliphatic rings. The monoisotopic (exact) mass is 356 g/mol. The van der Waals surface area contributed by atoms with Crippen molar-refractivity contribution >= 4 is 5.91 Å². The first kappa shape index (κ1) is 16.4. The fourth-order valence-electron chi connectivity index (χ4n) is 5.96. The first-order valence-corrected chi connectivity index (χ1v) is 10.1. The van der Waals surface area contributed by atoms with Gasteiger partial charge >= 0.3 is 0 Å². The highest BCUT2D eigenvalue weighted by molar-refractivity contribution is 5.80. The molecular weight excluding hydrogens is 328 g/mol. The van der Waals surface area contributed by atoms with Crippen LogP contribution in [0.25, 0.3) is 0 Å². The van der Waals surface area contributed by atoms with Crippen LogP contribution in [0.3, 0.4) is 0 Å². The maximum Gasteiger partial charge on any atom is 0.223 e. The van der Waals surface area contributed by atoms with Crippen molar-refractivity contribution in [2.45, 2.75) is 31.8 Å². The molecule has 5 nitrogen and oxygen atoms in total. The van der Waals surface area contributed by atoms with Gasteiger partial charge in [0.15, 0.2) is 11.5 Å². The Hall–Kier alpha value is -1.75. The van der Waals surface area contributed by atoms with E-state index < -0.39 is 0 Å². The predicted octanol–water partition coefficient (Wildman–Crippen LogP) is 2.21. The van der Waals surface area contributed by atoms with E-state index in [4.69, 9.17) is 9.47 Å². The molecule has 0 aromatic heterocycles. The Bertz CT molecular complexity index is 675. The Morgan fingerprint density at radius 2 is 1.88 bits per heavy atom. The summed E-state index contributed by atoms with van der Waals surface area (Å²) >= 11 is 0. The maximum absolute atomic E-state index is 12.6. The molecule has 1 aromatic carbocycles. The minimum absolute atomic E-state index is 0.0154. The largest absolute Gasteiger partial charge is 0.486 e. The molecule has 0 radical (unpaired) electrons. The number of rotatable bonds is 6. The highest BCUT2D eigenvalue weighted by atomic mass is 16.6. The van der Waals surface area contributed by atoms with Crippen molar-refractivity contribution in [2.75, 3.05) is 26.2 Å². The first-order chi connectivity index (χ1) is 12.8. The van der Waals surface area contributed by atoms with Gasteiger partial charge in [-0.15, -0.1) is 0 Å². The molecule has 4 bridgehead atoms. The molecule has 1 amide bonds. The lowest BCUT2D eigenvalue weighted by molar-refractivity contribution is -0.128. The molecule has 4 saturated carbocycles. The van der Waals surface area contributed by atoms with E-state index in [0.29, 0.717) is 36.8 Å². The maximum atomic E-state index is 12.6. The van der Waals surface area contributed by atoms with Crippen LogP contribution in [0.2, 0.25) is 0 Å². The fourth-order valence-corrected chi connectivity index (χ4v) is 5.96. The molecule has 4 aliphatic carbocycles. The SMILES string of the molecule is O=C(NCCNCC1COc2ccccc2O1)C1C2CC3CC(C2)C1C3. The molecule has 6 atom stereocenters. The van der Waals surface area contributed by atoms with Gasteiger partial charge < -0.3 is 20.1 Å². The smallest absolute Gasteiger partial charge is 0.223 e. The van der Waals surface area contributed by atoms with Crippen LogP contribution in [0.1, 0.15) is 25.7 Å². The van der Waals surface area contributed by atoms with Crippen molar-refractivity contribution in [3.05, 3.63) is 24.3 Å². The van der Waals surface area contributed by atoms with E-state index in [1.807, 2.05) is 24.3 Å². The highest BCUT2D eigenvalue weighted by Crippen LogP contribution is 2.60. The first-order valence-electron chi connectivity index (χ1n) is 10.1. The quantitative estimate of drug-likeness (QED) is 0.768. The van der Waals surface area contributed by atoms with Gasteiger partial charge in [-0.05, 0) is 61.5 Å². The molecule has 0 saturated heterocycles. The molecule has 1 aliphatic heterocycles. The molecule has 0 spiro atoms. The molecule has 1 aromatic rings. The molecule has 5 heteroatoms. The molecule has 6 unspecified atom stereocenters. The number of benzene rings is 1. The Kier molecular flexibility index (Phi) is 4.27. The van der Waals surface area contributed by atoms with E-state index in [2.05, 4.69) is 10.6 Å². The second kappa shape index (κ2) is 6.76. The van der Waals surface area contributed by atoms with E-state index in [0.717, 1.165) is 36.4 Å². The number of fused-ring (bicyclic) bond motifs is 1. The van der Waals surface area contributed by atoms with E-state index in [1.54, 1.807) is 0 Å². The highest BCUT2D eigenvalue weighted by Gasteiger charge is 2.55. The number of nitrogens with one attached hydrogen (secondary N) is 2. The van der Waals surface area contributed by atoms with Crippen molar-refractivity contribution in [3.63, 3.8) is 0 Å². The summed E-state index contributed by atoms with van der Waals surface area (Å²) in [5.41, 5.74) is 0.